The number of amides is 1. The molecule has 0 aliphatic carbocycles. The molecule has 1 fully saturated rings. The first kappa shape index (κ1) is 27.0. The molecule has 1 aliphatic heterocycles. The smallest absolute Gasteiger partial charge is 0.219 e. The molecule has 2 aromatic heterocycles. The van der Waals surface area contributed by atoms with Crippen LogP contribution in [-0.2, 0) is 4.79 Å². The summed E-state index contributed by atoms with van der Waals surface area (Å²) in [6.07, 6.45) is 14.0. The maximum Gasteiger partial charge on any atom is 0.219 e. The summed E-state index contributed by atoms with van der Waals surface area (Å²) >= 11 is 0. The number of imidazole rings is 1. The summed E-state index contributed by atoms with van der Waals surface area (Å²) in [5, 5.41) is 17.6. The van der Waals surface area contributed by atoms with E-state index in [1.807, 2.05) is 21.6 Å². The second-order valence-electron chi connectivity index (χ2n) is 9.63. The van der Waals surface area contributed by atoms with E-state index >= 15 is 0 Å². The fourth-order valence-electron chi connectivity index (χ4n) is 5.08. The number of hydrogen-bond acceptors (Lipinski definition) is 6. The number of hydrogen-bond donors (Lipinski definition) is 1. The molecule has 1 aliphatic rings. The molecule has 3 heterocycles. The van der Waals surface area contributed by atoms with Gasteiger partial charge in [-0.1, -0.05) is 31.6 Å². The van der Waals surface area contributed by atoms with Crippen molar-refractivity contribution >= 4 is 29.6 Å². The highest BCUT2D eigenvalue weighted by molar-refractivity contribution is 5.89. The third-order valence-corrected chi connectivity index (χ3v) is 7.33. The van der Waals surface area contributed by atoms with Crippen molar-refractivity contribution in [2.24, 2.45) is 16.3 Å². The number of rotatable bonds is 10. The van der Waals surface area contributed by atoms with Crippen LogP contribution in [0.4, 0.5) is 0 Å². The van der Waals surface area contributed by atoms with Crippen LogP contribution in [0, 0.1) is 28.1 Å². The van der Waals surface area contributed by atoms with E-state index in [1.54, 1.807) is 26.4 Å². The lowest BCUT2D eigenvalue weighted by molar-refractivity contribution is -0.128. The minimum atomic E-state index is -0.348. The summed E-state index contributed by atoms with van der Waals surface area (Å²) in [5.74, 6) is 0.535. The van der Waals surface area contributed by atoms with Crippen LogP contribution in [0.25, 0.3) is 11.2 Å². The Kier molecular flexibility index (Phi) is 8.92. The van der Waals surface area contributed by atoms with Gasteiger partial charge in [0.2, 0.25) is 5.91 Å². The minimum Gasteiger partial charge on any atom is -0.342 e. The Bertz CT molecular complexity index is 1230. The Balaban J connectivity index is 2.23. The van der Waals surface area contributed by atoms with Gasteiger partial charge in [-0.05, 0) is 32.1 Å². The van der Waals surface area contributed by atoms with E-state index in [1.165, 1.54) is 11.8 Å². The molecule has 1 amide bonds. The van der Waals surface area contributed by atoms with Gasteiger partial charge < -0.3 is 10.3 Å². The average Bonchev–Trinajstić information content (AvgIpc) is 3.52. The monoisotopic (exact) mass is 487 g/mol. The molecule has 3 rings (SSSR count). The molecular weight excluding hydrogens is 450 g/mol. The Labute approximate surface area is 214 Å². The van der Waals surface area contributed by atoms with E-state index < -0.39 is 0 Å². The highest BCUT2D eigenvalue weighted by Gasteiger charge is 2.43. The molecular formula is C28H37N7O. The van der Waals surface area contributed by atoms with Gasteiger partial charge in [0.15, 0.2) is 0 Å². The average molecular weight is 488 g/mol. The van der Waals surface area contributed by atoms with Crippen molar-refractivity contribution in [3.05, 3.63) is 47.7 Å². The molecule has 3 unspecified atom stereocenters. The molecule has 0 spiro atoms. The first-order chi connectivity index (χ1) is 17.3. The summed E-state index contributed by atoms with van der Waals surface area (Å²) < 4.78 is 1.97. The van der Waals surface area contributed by atoms with Crippen LogP contribution in [-0.4, -0.2) is 57.7 Å². The van der Waals surface area contributed by atoms with Crippen LogP contribution >= 0.6 is 0 Å². The van der Waals surface area contributed by atoms with Crippen molar-refractivity contribution in [1.82, 2.24) is 19.3 Å². The highest BCUT2D eigenvalue weighted by atomic mass is 16.2. The van der Waals surface area contributed by atoms with E-state index in [9.17, 15) is 10.1 Å². The fraction of sp³-hybridized carbons (Fsp3) is 0.500. The summed E-state index contributed by atoms with van der Waals surface area (Å²) in [7, 11) is 1.69. The minimum absolute atomic E-state index is 0.0559. The third kappa shape index (κ3) is 5.62. The molecule has 190 valence electrons. The fourth-order valence-corrected chi connectivity index (χ4v) is 5.08. The molecule has 0 bridgehead atoms. The SMILES string of the molecule is CC/C(C)=C\C(=C/C(CC)C1(CC#N)CCN(C(C)=O)C1)c1nc(C(C=N)C=NC)cc2nccn12. The number of allylic oxidation sites excluding steroid dienone is 4. The summed E-state index contributed by atoms with van der Waals surface area (Å²) in [5.41, 5.74) is 3.33. The zero-order chi connectivity index (χ0) is 26.3. The first-order valence-corrected chi connectivity index (χ1v) is 12.6. The standard InChI is InChI=1S/C28H37N7O/c1-6-20(3)14-22(15-24(7-2)28(8-10-29)9-12-34(19-28)21(4)36)27-33-25(23(17-30)18-31-5)16-26-32-11-13-35(26)27/h11,13-18,23-24,30H,6-9,12,19H2,1-5H3/b20-14-,22-15+,30-17?,31-18?. The van der Waals surface area contributed by atoms with Crippen molar-refractivity contribution in [2.45, 2.75) is 59.3 Å². The Morgan fingerprint density at radius 2 is 2.17 bits per heavy atom. The Hall–Kier alpha value is -3.60. The van der Waals surface area contributed by atoms with Gasteiger partial charge in [-0.25, -0.2) is 9.97 Å². The third-order valence-electron chi connectivity index (χ3n) is 7.33. The molecule has 0 aromatic carbocycles. The van der Waals surface area contributed by atoms with Crippen molar-refractivity contribution < 1.29 is 4.79 Å². The molecule has 8 heteroatoms. The lowest BCUT2D eigenvalue weighted by Gasteiger charge is -2.34. The molecule has 0 radical (unpaired) electrons. The van der Waals surface area contributed by atoms with Gasteiger partial charge in [-0.3, -0.25) is 14.2 Å². The number of aliphatic imine (C=N–C) groups is 1. The van der Waals surface area contributed by atoms with Gasteiger partial charge in [0.1, 0.15) is 11.5 Å². The van der Waals surface area contributed by atoms with Crippen LogP contribution in [0.3, 0.4) is 0 Å². The number of nitriles is 1. The Morgan fingerprint density at radius 1 is 1.39 bits per heavy atom. The number of nitrogens with zero attached hydrogens (tertiary/aromatic N) is 6. The number of fused-ring (bicyclic) bond motifs is 1. The second kappa shape index (κ2) is 11.9. The zero-order valence-electron chi connectivity index (χ0n) is 22.0. The highest BCUT2D eigenvalue weighted by Crippen LogP contribution is 2.44. The largest absolute Gasteiger partial charge is 0.342 e. The number of likely N-dealkylation sites (tertiary alicyclic amines) is 1. The van der Waals surface area contributed by atoms with Crippen LogP contribution in [0.5, 0.6) is 0 Å². The number of aromatic nitrogens is 3. The first-order valence-electron chi connectivity index (χ1n) is 12.6. The van der Waals surface area contributed by atoms with Gasteiger partial charge in [0, 0.05) is 75.4 Å². The number of nitrogens with one attached hydrogen (secondary N) is 1. The summed E-state index contributed by atoms with van der Waals surface area (Å²) in [6.45, 7) is 9.24. The normalized spacial score (nSPS) is 20.6. The lowest BCUT2D eigenvalue weighted by Crippen LogP contribution is -2.35. The van der Waals surface area contributed by atoms with E-state index in [2.05, 4.69) is 49.0 Å². The molecule has 36 heavy (non-hydrogen) atoms. The second-order valence-corrected chi connectivity index (χ2v) is 9.63. The topological polar surface area (TPSA) is 110 Å². The van der Waals surface area contributed by atoms with Crippen molar-refractivity contribution in [3.63, 3.8) is 0 Å². The van der Waals surface area contributed by atoms with Gasteiger partial charge in [-0.2, -0.15) is 5.26 Å². The van der Waals surface area contributed by atoms with E-state index in [-0.39, 0.29) is 23.2 Å². The molecule has 1 N–H and O–H groups in total. The molecule has 3 atom stereocenters. The molecule has 0 saturated carbocycles. The van der Waals surface area contributed by atoms with Crippen LogP contribution < -0.4 is 0 Å². The van der Waals surface area contributed by atoms with Crippen molar-refractivity contribution in [3.8, 4) is 6.07 Å². The van der Waals surface area contributed by atoms with Gasteiger partial charge >= 0.3 is 0 Å². The van der Waals surface area contributed by atoms with Crippen molar-refractivity contribution in [2.75, 3.05) is 20.1 Å². The van der Waals surface area contributed by atoms with Gasteiger partial charge in [-0.15, -0.1) is 0 Å². The molecule has 2 aromatic rings. The molecule has 8 nitrogen and oxygen atoms in total. The maximum atomic E-state index is 12.1. The lowest BCUT2D eigenvalue weighted by atomic mass is 9.70. The van der Waals surface area contributed by atoms with E-state index in [0.29, 0.717) is 25.2 Å². The van der Waals surface area contributed by atoms with Gasteiger partial charge in [0.05, 0.1) is 17.7 Å². The summed E-state index contributed by atoms with van der Waals surface area (Å²) in [4.78, 5) is 27.7. The van der Waals surface area contributed by atoms with Crippen LogP contribution in [0.2, 0.25) is 0 Å². The van der Waals surface area contributed by atoms with Crippen LogP contribution in [0.1, 0.15) is 70.8 Å². The summed E-state index contributed by atoms with van der Waals surface area (Å²) in [6, 6.07) is 4.30. The number of carbonyl (C=O) groups is 1. The van der Waals surface area contributed by atoms with Crippen LogP contribution in [0.15, 0.2) is 41.2 Å². The quantitative estimate of drug-likeness (QED) is 0.372. The maximum absolute atomic E-state index is 12.1. The van der Waals surface area contributed by atoms with Crippen molar-refractivity contribution in [1.29, 1.82) is 10.7 Å². The van der Waals surface area contributed by atoms with E-state index in [4.69, 9.17) is 10.4 Å². The Morgan fingerprint density at radius 3 is 2.75 bits per heavy atom. The predicted octanol–water partition coefficient (Wildman–Crippen LogP) is 5.08. The molecule has 1 saturated heterocycles. The predicted molar refractivity (Wildman–Crippen MR) is 144 cm³/mol. The zero-order valence-corrected chi connectivity index (χ0v) is 22.0. The number of carbonyl (C=O) groups excluding carboxylic acids is 1. The van der Waals surface area contributed by atoms with Gasteiger partial charge in [0.25, 0.3) is 0 Å². The van der Waals surface area contributed by atoms with E-state index in [0.717, 1.165) is 36.3 Å².